The molecule has 2 aromatic carbocycles. The van der Waals surface area contributed by atoms with E-state index in [1.54, 1.807) is 37.4 Å². The molecule has 0 aromatic heterocycles. The highest BCUT2D eigenvalue weighted by molar-refractivity contribution is 9.10. The number of para-hydroxylation sites is 1. The normalized spacial score (nSPS) is 10.7. The summed E-state index contributed by atoms with van der Waals surface area (Å²) >= 11 is 9.43. The van der Waals surface area contributed by atoms with Crippen LogP contribution in [0.1, 0.15) is 18.9 Å². The molecule has 0 atom stereocenters. The van der Waals surface area contributed by atoms with E-state index in [4.69, 9.17) is 25.8 Å². The van der Waals surface area contributed by atoms with Crippen molar-refractivity contribution in [1.29, 1.82) is 0 Å². The van der Waals surface area contributed by atoms with Crippen LogP contribution in [0.4, 0.5) is 0 Å². The summed E-state index contributed by atoms with van der Waals surface area (Å²) in [5.74, 6) is 1.25. The zero-order chi connectivity index (χ0) is 19.6. The van der Waals surface area contributed by atoms with Crippen LogP contribution in [0, 0.1) is 0 Å². The molecule has 0 radical (unpaired) electrons. The number of nitrogens with one attached hydrogen (secondary N) is 1. The molecule has 6 nitrogen and oxygen atoms in total. The van der Waals surface area contributed by atoms with Gasteiger partial charge in [0.05, 0.1) is 29.4 Å². The minimum Gasteiger partial charge on any atom is -0.493 e. The number of hydrogen-bond donors (Lipinski definition) is 1. The minimum atomic E-state index is -0.403. The lowest BCUT2D eigenvalue weighted by Crippen LogP contribution is -2.24. The van der Waals surface area contributed by atoms with Gasteiger partial charge in [-0.15, -0.1) is 0 Å². The van der Waals surface area contributed by atoms with Crippen LogP contribution in [0.15, 0.2) is 46.0 Å². The molecule has 0 heterocycles. The molecule has 0 fully saturated rings. The lowest BCUT2D eigenvalue weighted by molar-refractivity contribution is -0.123. The number of ether oxygens (including phenoxy) is 3. The average Bonchev–Trinajstić information content (AvgIpc) is 2.66. The topological polar surface area (TPSA) is 69.2 Å². The molecule has 2 aromatic rings. The van der Waals surface area contributed by atoms with E-state index in [2.05, 4.69) is 26.5 Å². The predicted octanol–water partition coefficient (Wildman–Crippen LogP) is 4.43. The fourth-order valence-corrected chi connectivity index (χ4v) is 2.84. The third-order valence-electron chi connectivity index (χ3n) is 3.30. The third kappa shape index (κ3) is 6.45. The van der Waals surface area contributed by atoms with Gasteiger partial charge in [0.25, 0.3) is 5.91 Å². The Morgan fingerprint density at radius 3 is 2.74 bits per heavy atom. The Morgan fingerprint density at radius 2 is 2.04 bits per heavy atom. The highest BCUT2D eigenvalue weighted by Crippen LogP contribution is 2.36. The summed E-state index contributed by atoms with van der Waals surface area (Å²) in [4.78, 5) is 11.8. The Kier molecular flexibility index (Phi) is 8.42. The largest absolute Gasteiger partial charge is 0.493 e. The van der Waals surface area contributed by atoms with E-state index in [-0.39, 0.29) is 6.61 Å². The van der Waals surface area contributed by atoms with E-state index in [1.807, 2.05) is 13.0 Å². The molecule has 144 valence electrons. The first-order valence-corrected chi connectivity index (χ1v) is 9.41. The molecule has 0 aliphatic heterocycles. The molecule has 0 bridgehead atoms. The highest BCUT2D eigenvalue weighted by Gasteiger charge is 2.11. The number of carbonyl (C=O) groups excluding carboxylic acids is 1. The molecular formula is C19H20BrClN2O4. The molecule has 2 rings (SSSR count). The van der Waals surface area contributed by atoms with Gasteiger partial charge in [0.15, 0.2) is 18.1 Å². The van der Waals surface area contributed by atoms with Crippen molar-refractivity contribution in [2.75, 3.05) is 20.3 Å². The number of carbonyl (C=O) groups is 1. The van der Waals surface area contributed by atoms with Crippen molar-refractivity contribution in [3.8, 4) is 17.2 Å². The smallest absolute Gasteiger partial charge is 0.277 e. The van der Waals surface area contributed by atoms with Gasteiger partial charge in [0, 0.05) is 0 Å². The monoisotopic (exact) mass is 454 g/mol. The standard InChI is InChI=1S/C19H20BrClN2O4/c1-3-8-26-19-14(20)9-13(10-17(19)25-2)11-22-23-18(24)12-27-16-7-5-4-6-15(16)21/h4-7,9-11H,3,8,12H2,1-2H3,(H,23,24)/b22-11-. The maximum atomic E-state index is 11.8. The lowest BCUT2D eigenvalue weighted by Gasteiger charge is -2.12. The molecule has 0 aliphatic carbocycles. The van der Waals surface area contributed by atoms with E-state index in [9.17, 15) is 4.79 Å². The van der Waals surface area contributed by atoms with E-state index in [0.29, 0.717) is 28.9 Å². The molecule has 8 heteroatoms. The van der Waals surface area contributed by atoms with Crippen molar-refractivity contribution < 1.29 is 19.0 Å². The molecule has 0 spiro atoms. The molecule has 0 saturated heterocycles. The number of hydrogen-bond acceptors (Lipinski definition) is 5. The fraction of sp³-hybridized carbons (Fsp3) is 0.263. The van der Waals surface area contributed by atoms with Gasteiger partial charge in [-0.05, 0) is 52.2 Å². The lowest BCUT2D eigenvalue weighted by atomic mass is 10.2. The third-order valence-corrected chi connectivity index (χ3v) is 4.20. The van der Waals surface area contributed by atoms with Gasteiger partial charge >= 0.3 is 0 Å². The number of amides is 1. The molecule has 27 heavy (non-hydrogen) atoms. The van der Waals surface area contributed by atoms with E-state index < -0.39 is 5.91 Å². The van der Waals surface area contributed by atoms with Gasteiger partial charge in [-0.2, -0.15) is 5.10 Å². The van der Waals surface area contributed by atoms with Gasteiger partial charge in [-0.1, -0.05) is 30.7 Å². The van der Waals surface area contributed by atoms with Crippen LogP contribution in [0.3, 0.4) is 0 Å². The second kappa shape index (κ2) is 10.8. The van der Waals surface area contributed by atoms with Gasteiger partial charge < -0.3 is 14.2 Å². The first kappa shape index (κ1) is 21.1. The van der Waals surface area contributed by atoms with Crippen LogP contribution in [0.5, 0.6) is 17.2 Å². The Labute approximate surface area is 171 Å². The van der Waals surface area contributed by atoms with Crippen LogP contribution in [0.2, 0.25) is 5.02 Å². The van der Waals surface area contributed by atoms with Crippen molar-refractivity contribution in [2.24, 2.45) is 5.10 Å². The number of rotatable bonds is 9. The number of hydrazone groups is 1. The van der Waals surface area contributed by atoms with Crippen molar-refractivity contribution >= 4 is 39.7 Å². The summed E-state index contributed by atoms with van der Waals surface area (Å²) in [7, 11) is 1.56. The highest BCUT2D eigenvalue weighted by atomic mass is 79.9. The second-order valence-electron chi connectivity index (χ2n) is 5.39. The molecular weight excluding hydrogens is 436 g/mol. The first-order chi connectivity index (χ1) is 13.0. The van der Waals surface area contributed by atoms with E-state index in [1.165, 1.54) is 6.21 Å². The Hall–Kier alpha value is -2.25. The second-order valence-corrected chi connectivity index (χ2v) is 6.66. The summed E-state index contributed by atoms with van der Waals surface area (Å²) in [6.45, 7) is 2.42. The van der Waals surface area contributed by atoms with Crippen LogP contribution in [0.25, 0.3) is 0 Å². The van der Waals surface area contributed by atoms with Gasteiger partial charge in [0.1, 0.15) is 5.75 Å². The Bertz CT molecular complexity index is 814. The van der Waals surface area contributed by atoms with Crippen molar-refractivity contribution in [3.05, 3.63) is 51.5 Å². The van der Waals surface area contributed by atoms with Crippen LogP contribution in [-0.2, 0) is 4.79 Å². The van der Waals surface area contributed by atoms with Gasteiger partial charge in [0.2, 0.25) is 0 Å². The van der Waals surface area contributed by atoms with Crippen molar-refractivity contribution in [1.82, 2.24) is 5.43 Å². The number of methoxy groups -OCH3 is 1. The summed E-state index contributed by atoms with van der Waals surface area (Å²) in [6, 6.07) is 10.5. The van der Waals surface area contributed by atoms with E-state index in [0.717, 1.165) is 16.5 Å². The quantitative estimate of drug-likeness (QED) is 0.449. The summed E-state index contributed by atoms with van der Waals surface area (Å²) < 4.78 is 17.1. The summed E-state index contributed by atoms with van der Waals surface area (Å²) in [5.41, 5.74) is 3.13. The first-order valence-electron chi connectivity index (χ1n) is 8.24. The SMILES string of the molecule is CCCOc1c(Br)cc(/C=N\NC(=O)COc2ccccc2Cl)cc1OC. The van der Waals surface area contributed by atoms with Crippen molar-refractivity contribution in [3.63, 3.8) is 0 Å². The maximum Gasteiger partial charge on any atom is 0.277 e. The minimum absolute atomic E-state index is 0.197. The van der Waals surface area contributed by atoms with Crippen LogP contribution >= 0.6 is 27.5 Å². The van der Waals surface area contributed by atoms with Crippen LogP contribution < -0.4 is 19.6 Å². The fourth-order valence-electron chi connectivity index (χ4n) is 2.07. The molecule has 1 amide bonds. The average molecular weight is 456 g/mol. The molecule has 0 unspecified atom stereocenters. The zero-order valence-electron chi connectivity index (χ0n) is 15.0. The number of benzene rings is 2. The Balaban J connectivity index is 1.94. The van der Waals surface area contributed by atoms with Gasteiger partial charge in [-0.25, -0.2) is 5.43 Å². The van der Waals surface area contributed by atoms with E-state index >= 15 is 0 Å². The maximum absolute atomic E-state index is 11.8. The van der Waals surface area contributed by atoms with Gasteiger partial charge in [-0.3, -0.25) is 4.79 Å². The van der Waals surface area contributed by atoms with Crippen molar-refractivity contribution in [2.45, 2.75) is 13.3 Å². The predicted molar refractivity (Wildman–Crippen MR) is 109 cm³/mol. The zero-order valence-corrected chi connectivity index (χ0v) is 17.3. The molecule has 0 saturated carbocycles. The van der Waals surface area contributed by atoms with Crippen LogP contribution in [-0.4, -0.2) is 32.4 Å². The Morgan fingerprint density at radius 1 is 1.26 bits per heavy atom. The number of nitrogens with zero attached hydrogens (tertiary/aromatic N) is 1. The summed E-state index contributed by atoms with van der Waals surface area (Å²) in [5, 5.41) is 4.37. The summed E-state index contributed by atoms with van der Waals surface area (Å²) in [6.07, 6.45) is 2.39. The molecule has 0 aliphatic rings. The number of halogens is 2. The molecule has 1 N–H and O–H groups in total.